The number of thioether (sulfide) groups is 1. The normalized spacial score (nSPS) is 20.0. The van der Waals surface area contributed by atoms with E-state index in [0.29, 0.717) is 22.5 Å². The van der Waals surface area contributed by atoms with Crippen LogP contribution < -0.4 is 5.32 Å². The Kier molecular flexibility index (Phi) is 7.74. The molecule has 0 aliphatic carbocycles. The lowest BCUT2D eigenvalue weighted by Crippen LogP contribution is -2.78. The summed E-state index contributed by atoms with van der Waals surface area (Å²) in [6, 6.07) is 21.2. The Labute approximate surface area is 233 Å². The summed E-state index contributed by atoms with van der Waals surface area (Å²) >= 11 is 1.00. The zero-order valence-electron chi connectivity index (χ0n) is 21.4. The smallest absolute Gasteiger partial charge is 0.356 e. The van der Waals surface area contributed by atoms with Gasteiger partial charge >= 0.3 is 11.9 Å². The molecule has 0 spiro atoms. The second-order valence-corrected chi connectivity index (χ2v) is 10.3. The van der Waals surface area contributed by atoms with Crippen LogP contribution in [0.5, 0.6) is 0 Å². The van der Waals surface area contributed by atoms with Crippen molar-refractivity contribution in [1.82, 2.24) is 10.2 Å². The summed E-state index contributed by atoms with van der Waals surface area (Å²) in [7, 11) is 0. The first-order chi connectivity index (χ1) is 19.3. The quantitative estimate of drug-likeness (QED) is 0.238. The van der Waals surface area contributed by atoms with Crippen LogP contribution in [-0.2, 0) is 35.1 Å². The fourth-order valence-electron chi connectivity index (χ4n) is 4.55. The number of nitrogens with zero attached hydrogens (tertiary/aromatic N) is 1. The van der Waals surface area contributed by atoms with Gasteiger partial charge in [-0.15, -0.1) is 11.8 Å². The summed E-state index contributed by atoms with van der Waals surface area (Å²) in [5.41, 5.74) is 1.45. The number of benzene rings is 2. The summed E-state index contributed by atoms with van der Waals surface area (Å²) in [4.78, 5) is 52.0. The molecule has 206 valence electrons. The predicted molar refractivity (Wildman–Crippen MR) is 142 cm³/mol. The fourth-order valence-corrected chi connectivity index (χ4v) is 5.87. The third kappa shape index (κ3) is 5.37. The predicted octanol–water partition coefficient (Wildman–Crippen LogP) is 3.67. The number of carbonyl (C=O) groups excluding carboxylic acids is 4. The lowest BCUT2D eigenvalue weighted by Gasteiger charge is -2.52. The number of alkyl halides is 1. The van der Waals surface area contributed by atoms with Crippen LogP contribution in [0, 0.1) is 0 Å². The SMILES string of the molecule is CC(=O)OCC1=C(C(=O)OC(c2ccccc2)c2ccccc2)N2C(=O)[C@@](F)(NC(=O)Cc3ccco3)[C@H]2SC1. The van der Waals surface area contributed by atoms with E-state index in [2.05, 4.69) is 5.32 Å². The molecule has 2 aliphatic heterocycles. The minimum Gasteiger partial charge on any atom is -0.469 e. The lowest BCUT2D eigenvalue weighted by atomic mass is 9.99. The fraction of sp³-hybridized carbons (Fsp3) is 0.241. The molecule has 1 saturated heterocycles. The van der Waals surface area contributed by atoms with Crippen molar-refractivity contribution in [2.24, 2.45) is 0 Å². The topological polar surface area (TPSA) is 115 Å². The summed E-state index contributed by atoms with van der Waals surface area (Å²) in [6.07, 6.45) is 0.290. The molecule has 2 aromatic carbocycles. The molecule has 1 aromatic heterocycles. The number of ether oxygens (including phenoxy) is 2. The highest BCUT2D eigenvalue weighted by Gasteiger charge is 2.67. The average molecular weight is 565 g/mol. The van der Waals surface area contributed by atoms with E-state index < -0.39 is 41.0 Å². The summed E-state index contributed by atoms with van der Waals surface area (Å²) < 4.78 is 32.2. The standard InChI is InChI=1S/C29H25FN2O7S/c1-18(33)38-16-21-17-40-28-29(30,31-23(34)15-22-13-8-14-37-22)27(36)32(28)24(21)26(35)39-25(19-9-4-2-5-10-19)20-11-6-3-7-12-20/h2-14,25,28H,15-17H2,1H3,(H,31,34)/t28-,29-/m1/s1. The number of rotatable bonds is 9. The van der Waals surface area contributed by atoms with E-state index in [-0.39, 0.29) is 24.5 Å². The number of hydrogen-bond acceptors (Lipinski definition) is 8. The van der Waals surface area contributed by atoms with Gasteiger partial charge in [0.25, 0.3) is 11.7 Å². The number of furan rings is 1. The molecule has 0 radical (unpaired) electrons. The molecule has 9 nitrogen and oxygen atoms in total. The molecule has 2 atom stereocenters. The second kappa shape index (κ2) is 11.4. The van der Waals surface area contributed by atoms with Crippen molar-refractivity contribution < 1.29 is 37.5 Å². The van der Waals surface area contributed by atoms with Crippen LogP contribution in [0.2, 0.25) is 0 Å². The van der Waals surface area contributed by atoms with Gasteiger partial charge in [-0.3, -0.25) is 19.3 Å². The van der Waals surface area contributed by atoms with Crippen molar-refractivity contribution in [2.45, 2.75) is 30.6 Å². The maximum atomic E-state index is 16.0. The molecule has 5 rings (SSSR count). The summed E-state index contributed by atoms with van der Waals surface area (Å²) in [5, 5.41) is 0.933. The van der Waals surface area contributed by atoms with Gasteiger partial charge in [0.15, 0.2) is 6.10 Å². The van der Waals surface area contributed by atoms with Crippen molar-refractivity contribution in [1.29, 1.82) is 0 Å². The number of halogens is 1. The Balaban J connectivity index is 1.43. The van der Waals surface area contributed by atoms with Crippen molar-refractivity contribution in [3.63, 3.8) is 0 Å². The molecule has 2 amide bonds. The minimum atomic E-state index is -2.74. The molecule has 1 fully saturated rings. The van der Waals surface area contributed by atoms with E-state index in [1.807, 2.05) is 12.1 Å². The van der Waals surface area contributed by atoms with Gasteiger partial charge in [0, 0.05) is 18.2 Å². The van der Waals surface area contributed by atoms with E-state index >= 15 is 4.39 Å². The van der Waals surface area contributed by atoms with Crippen LogP contribution in [0.1, 0.15) is 29.9 Å². The molecule has 1 N–H and O–H groups in total. The minimum absolute atomic E-state index is 0.0627. The lowest BCUT2D eigenvalue weighted by molar-refractivity contribution is -0.174. The third-order valence-electron chi connectivity index (χ3n) is 6.40. The Hall–Kier alpha value is -4.38. The van der Waals surface area contributed by atoms with E-state index in [1.165, 1.54) is 13.2 Å². The van der Waals surface area contributed by atoms with E-state index in [4.69, 9.17) is 13.9 Å². The molecule has 0 unspecified atom stereocenters. The Morgan fingerprint density at radius 1 is 1.07 bits per heavy atom. The van der Waals surface area contributed by atoms with Crippen LogP contribution in [-0.4, -0.2) is 52.2 Å². The van der Waals surface area contributed by atoms with Gasteiger partial charge in [-0.25, -0.2) is 9.18 Å². The van der Waals surface area contributed by atoms with Gasteiger partial charge in [0.05, 0.1) is 12.7 Å². The van der Waals surface area contributed by atoms with Crippen LogP contribution in [0.3, 0.4) is 0 Å². The van der Waals surface area contributed by atoms with E-state index in [9.17, 15) is 19.2 Å². The Morgan fingerprint density at radius 2 is 1.73 bits per heavy atom. The van der Waals surface area contributed by atoms with Crippen LogP contribution in [0.15, 0.2) is 94.7 Å². The van der Waals surface area contributed by atoms with Gasteiger partial charge in [0.2, 0.25) is 5.91 Å². The average Bonchev–Trinajstić information content (AvgIpc) is 3.47. The first-order valence-corrected chi connectivity index (χ1v) is 13.5. The summed E-state index contributed by atoms with van der Waals surface area (Å²) in [5.74, 6) is -5.72. The van der Waals surface area contributed by atoms with Crippen molar-refractivity contribution in [3.8, 4) is 0 Å². The highest BCUT2D eigenvalue weighted by molar-refractivity contribution is 8.00. The van der Waals surface area contributed by atoms with E-state index in [0.717, 1.165) is 16.7 Å². The number of fused-ring (bicyclic) bond motifs is 1. The monoisotopic (exact) mass is 564 g/mol. The van der Waals surface area contributed by atoms with Crippen LogP contribution >= 0.6 is 11.8 Å². The summed E-state index contributed by atoms with van der Waals surface area (Å²) in [6.45, 7) is 0.933. The number of esters is 2. The van der Waals surface area contributed by atoms with Gasteiger partial charge < -0.3 is 19.2 Å². The molecule has 2 aliphatic rings. The highest BCUT2D eigenvalue weighted by atomic mass is 32.2. The van der Waals surface area contributed by atoms with Crippen molar-refractivity contribution in [2.75, 3.05) is 12.4 Å². The van der Waals surface area contributed by atoms with E-state index in [1.54, 1.807) is 60.7 Å². The van der Waals surface area contributed by atoms with Gasteiger partial charge in [0.1, 0.15) is 23.4 Å². The zero-order valence-corrected chi connectivity index (χ0v) is 22.2. The number of β-lactam (4-membered cyclic amide) rings is 1. The molecule has 3 aromatic rings. The molecule has 3 heterocycles. The first kappa shape index (κ1) is 27.2. The molecular formula is C29H25FN2O7S. The Morgan fingerprint density at radius 3 is 2.30 bits per heavy atom. The zero-order chi connectivity index (χ0) is 28.3. The molecule has 11 heteroatoms. The van der Waals surface area contributed by atoms with Gasteiger partial charge in [-0.2, -0.15) is 0 Å². The maximum Gasteiger partial charge on any atom is 0.356 e. The largest absolute Gasteiger partial charge is 0.469 e. The van der Waals surface area contributed by atoms with Gasteiger partial charge in [-0.1, -0.05) is 60.7 Å². The van der Waals surface area contributed by atoms with Crippen LogP contribution in [0.25, 0.3) is 0 Å². The maximum absolute atomic E-state index is 16.0. The third-order valence-corrected chi connectivity index (χ3v) is 7.77. The van der Waals surface area contributed by atoms with Gasteiger partial charge in [-0.05, 0) is 23.3 Å². The van der Waals surface area contributed by atoms with Crippen LogP contribution in [0.4, 0.5) is 4.39 Å². The second-order valence-electron chi connectivity index (χ2n) is 9.19. The first-order valence-electron chi connectivity index (χ1n) is 12.4. The number of nitrogens with one attached hydrogen (secondary N) is 1. The van der Waals surface area contributed by atoms with Crippen molar-refractivity contribution in [3.05, 3.63) is 107 Å². The number of amides is 2. The highest BCUT2D eigenvalue weighted by Crippen LogP contribution is 2.47. The molecular weight excluding hydrogens is 539 g/mol. The molecule has 40 heavy (non-hydrogen) atoms. The number of hydrogen-bond donors (Lipinski definition) is 1. The molecule has 0 saturated carbocycles. The number of carbonyl (C=O) groups is 4. The molecule has 0 bridgehead atoms. The van der Waals surface area contributed by atoms with Crippen molar-refractivity contribution >= 4 is 35.5 Å². The Bertz CT molecular complexity index is 1410.